The Morgan fingerprint density at radius 3 is 2.71 bits per heavy atom. The van der Waals surface area contributed by atoms with Crippen LogP contribution in [0.1, 0.15) is 67.4 Å². The molecule has 1 heterocycles. The number of benzene rings is 1. The van der Waals surface area contributed by atoms with Crippen LogP contribution in [0.25, 0.3) is 10.9 Å². The number of hydrogen-bond acceptors (Lipinski definition) is 3. The molecule has 1 saturated carbocycles. The second-order valence-electron chi connectivity index (χ2n) is 7.82. The molecular formula is C21H29F2N3O2. The molecule has 1 amide bonds. The Morgan fingerprint density at radius 2 is 2.04 bits per heavy atom. The number of para-hydroxylation sites is 1. The van der Waals surface area contributed by atoms with E-state index in [0.29, 0.717) is 25.0 Å². The number of aliphatic hydroxyl groups excluding tert-OH is 1. The van der Waals surface area contributed by atoms with Gasteiger partial charge in [0.25, 0.3) is 5.91 Å². The van der Waals surface area contributed by atoms with E-state index < -0.39 is 18.1 Å². The molecule has 0 spiro atoms. The number of aliphatic hydroxyl groups is 1. The molecule has 0 aliphatic heterocycles. The van der Waals surface area contributed by atoms with Crippen molar-refractivity contribution in [2.45, 2.75) is 69.4 Å². The maximum Gasteiger partial charge on any atom is 0.268 e. The van der Waals surface area contributed by atoms with E-state index in [1.165, 1.54) is 0 Å². The van der Waals surface area contributed by atoms with Crippen molar-refractivity contribution >= 4 is 16.8 Å². The van der Waals surface area contributed by atoms with Gasteiger partial charge in [-0.2, -0.15) is 0 Å². The highest BCUT2D eigenvalue weighted by Crippen LogP contribution is 2.43. The van der Waals surface area contributed by atoms with Crippen LogP contribution in [0.3, 0.4) is 0 Å². The van der Waals surface area contributed by atoms with E-state index >= 15 is 0 Å². The van der Waals surface area contributed by atoms with Gasteiger partial charge >= 0.3 is 0 Å². The van der Waals surface area contributed by atoms with Crippen molar-refractivity contribution in [2.75, 3.05) is 6.54 Å². The van der Waals surface area contributed by atoms with Gasteiger partial charge in [-0.25, -0.2) is 8.78 Å². The van der Waals surface area contributed by atoms with Gasteiger partial charge < -0.3 is 21.1 Å². The number of amides is 1. The fourth-order valence-electron chi connectivity index (χ4n) is 4.04. The highest BCUT2D eigenvalue weighted by molar-refractivity contribution is 6.01. The largest absolute Gasteiger partial charge is 0.391 e. The van der Waals surface area contributed by atoms with Crippen LogP contribution in [-0.2, 0) is 0 Å². The third-order valence-corrected chi connectivity index (χ3v) is 5.68. The number of aromatic nitrogens is 1. The van der Waals surface area contributed by atoms with E-state index in [4.69, 9.17) is 5.73 Å². The summed E-state index contributed by atoms with van der Waals surface area (Å²) in [5, 5.41) is 13.7. The summed E-state index contributed by atoms with van der Waals surface area (Å²) in [5.41, 5.74) is 7.99. The zero-order chi connectivity index (χ0) is 20.3. The lowest BCUT2D eigenvalue weighted by molar-refractivity contribution is -0.0381. The number of hydrogen-bond donors (Lipinski definition) is 4. The highest BCUT2D eigenvalue weighted by atomic mass is 19.3. The summed E-state index contributed by atoms with van der Waals surface area (Å²) in [6, 6.07) is 7.00. The number of nitrogens with one attached hydrogen (secondary N) is 2. The molecule has 5 N–H and O–H groups in total. The Labute approximate surface area is 163 Å². The van der Waals surface area contributed by atoms with Gasteiger partial charge in [-0.1, -0.05) is 31.5 Å². The zero-order valence-corrected chi connectivity index (χ0v) is 16.2. The Balaban J connectivity index is 1.81. The van der Waals surface area contributed by atoms with Gasteiger partial charge in [0.15, 0.2) is 0 Å². The van der Waals surface area contributed by atoms with Gasteiger partial charge in [0.1, 0.15) is 5.69 Å². The molecule has 0 saturated heterocycles. The predicted octanol–water partition coefficient (Wildman–Crippen LogP) is 3.68. The summed E-state index contributed by atoms with van der Waals surface area (Å²) >= 11 is 0. The molecule has 2 atom stereocenters. The number of rotatable bonds is 7. The van der Waals surface area contributed by atoms with Crippen molar-refractivity contribution in [2.24, 2.45) is 5.73 Å². The molecule has 7 heteroatoms. The highest BCUT2D eigenvalue weighted by Gasteiger charge is 2.37. The van der Waals surface area contributed by atoms with Crippen molar-refractivity contribution in [1.82, 2.24) is 10.3 Å². The number of carbonyl (C=O) groups is 1. The fraction of sp³-hybridized carbons (Fsp3) is 0.571. The van der Waals surface area contributed by atoms with Crippen LogP contribution in [0, 0.1) is 0 Å². The molecule has 1 aromatic heterocycles. The van der Waals surface area contributed by atoms with E-state index in [1.807, 2.05) is 31.2 Å². The summed E-state index contributed by atoms with van der Waals surface area (Å²) in [6.07, 6.45) is 1.09. The van der Waals surface area contributed by atoms with Gasteiger partial charge in [0, 0.05) is 36.3 Å². The smallest absolute Gasteiger partial charge is 0.268 e. The van der Waals surface area contributed by atoms with Crippen molar-refractivity contribution in [3.05, 3.63) is 35.5 Å². The minimum atomic E-state index is -2.62. The number of carbonyl (C=O) groups excluding carboxylic acids is 1. The molecule has 1 aliphatic carbocycles. The molecule has 0 bridgehead atoms. The molecule has 2 aromatic rings. The number of aromatic amines is 1. The lowest BCUT2D eigenvalue weighted by Gasteiger charge is -2.28. The van der Waals surface area contributed by atoms with Crippen molar-refractivity contribution < 1.29 is 18.7 Å². The second kappa shape index (κ2) is 8.57. The number of alkyl halides is 2. The van der Waals surface area contributed by atoms with Gasteiger partial charge in [-0.05, 0) is 36.8 Å². The maximum absolute atomic E-state index is 13.6. The average molecular weight is 393 g/mol. The Morgan fingerprint density at radius 1 is 1.36 bits per heavy atom. The molecule has 0 radical (unpaired) electrons. The first-order valence-electron chi connectivity index (χ1n) is 10.0. The van der Waals surface area contributed by atoms with E-state index in [2.05, 4.69) is 10.3 Å². The molecule has 1 unspecified atom stereocenters. The van der Waals surface area contributed by atoms with Crippen LogP contribution in [0.2, 0.25) is 0 Å². The van der Waals surface area contributed by atoms with E-state index in [9.17, 15) is 18.7 Å². The van der Waals surface area contributed by atoms with Gasteiger partial charge in [0.05, 0.1) is 6.10 Å². The molecule has 1 aromatic carbocycles. The molecule has 1 aliphatic rings. The lowest BCUT2D eigenvalue weighted by atomic mass is 9.81. The minimum absolute atomic E-state index is 0.0871. The summed E-state index contributed by atoms with van der Waals surface area (Å²) in [4.78, 5) is 16.0. The van der Waals surface area contributed by atoms with Gasteiger partial charge in [-0.3, -0.25) is 4.79 Å². The Hall–Kier alpha value is -1.99. The van der Waals surface area contributed by atoms with Crippen molar-refractivity contribution in [1.29, 1.82) is 0 Å². The standard InChI is InChI=1S/C21H29F2N3O2/c1-2-5-17(27)15(24)12-25-20(28)19-18(13-8-10-21(22,23)11-9-13)14-6-3-4-7-16(14)26-19/h3-4,6-7,13,15,17,26-27H,2,5,8-12,24H2,1H3,(H,25,28)/t15-,17?/m0/s1. The number of halogens is 2. The maximum atomic E-state index is 13.6. The summed E-state index contributed by atoms with van der Waals surface area (Å²) < 4.78 is 27.2. The topological polar surface area (TPSA) is 91.1 Å². The average Bonchev–Trinajstić information content (AvgIpc) is 3.05. The molecular weight excluding hydrogens is 364 g/mol. The first kappa shape index (κ1) is 20.7. The van der Waals surface area contributed by atoms with Gasteiger partial charge in [0.2, 0.25) is 5.92 Å². The SMILES string of the molecule is CCCC(O)[C@@H](N)CNC(=O)c1[nH]c2ccccc2c1C1CCC(F)(F)CC1. The third kappa shape index (κ3) is 4.52. The summed E-state index contributed by atoms with van der Waals surface area (Å²) in [5.74, 6) is -3.02. The van der Waals surface area contributed by atoms with Crippen LogP contribution in [0.5, 0.6) is 0 Å². The first-order chi connectivity index (χ1) is 13.3. The molecule has 3 rings (SSSR count). The van der Waals surface area contributed by atoms with E-state index in [0.717, 1.165) is 22.9 Å². The monoisotopic (exact) mass is 393 g/mol. The van der Waals surface area contributed by atoms with E-state index in [1.54, 1.807) is 0 Å². The van der Waals surface area contributed by atoms with Crippen molar-refractivity contribution in [3.8, 4) is 0 Å². The number of H-pyrrole nitrogens is 1. The molecule has 1 fully saturated rings. The summed E-state index contributed by atoms with van der Waals surface area (Å²) in [7, 11) is 0. The third-order valence-electron chi connectivity index (χ3n) is 5.68. The Kier molecular flexibility index (Phi) is 6.35. The van der Waals surface area contributed by atoms with Crippen LogP contribution in [-0.4, -0.2) is 40.6 Å². The van der Waals surface area contributed by atoms with Crippen LogP contribution in [0.15, 0.2) is 24.3 Å². The van der Waals surface area contributed by atoms with E-state index in [-0.39, 0.29) is 31.2 Å². The normalized spacial score (nSPS) is 19.5. The quantitative estimate of drug-likeness (QED) is 0.578. The summed E-state index contributed by atoms with van der Waals surface area (Å²) in [6.45, 7) is 2.11. The van der Waals surface area contributed by atoms with Crippen LogP contribution in [0.4, 0.5) is 8.78 Å². The fourth-order valence-corrected chi connectivity index (χ4v) is 4.04. The number of nitrogens with two attached hydrogens (primary N) is 1. The lowest BCUT2D eigenvalue weighted by Crippen LogP contribution is -2.45. The van der Waals surface area contributed by atoms with Crippen molar-refractivity contribution in [3.63, 3.8) is 0 Å². The Bertz CT molecular complexity index is 811. The van der Waals surface area contributed by atoms with Crippen LogP contribution >= 0.6 is 0 Å². The number of fused-ring (bicyclic) bond motifs is 1. The minimum Gasteiger partial charge on any atom is -0.391 e. The van der Waals surface area contributed by atoms with Gasteiger partial charge in [-0.15, -0.1) is 0 Å². The predicted molar refractivity (Wildman–Crippen MR) is 106 cm³/mol. The zero-order valence-electron chi connectivity index (χ0n) is 16.2. The molecule has 154 valence electrons. The molecule has 28 heavy (non-hydrogen) atoms. The first-order valence-corrected chi connectivity index (χ1v) is 10.0. The second-order valence-corrected chi connectivity index (χ2v) is 7.82. The van der Waals surface area contributed by atoms with Crippen LogP contribution < -0.4 is 11.1 Å². The molecule has 5 nitrogen and oxygen atoms in total.